The number of benzene rings is 1. The third kappa shape index (κ3) is 4.52. The number of aliphatic hydroxyl groups is 1. The van der Waals surface area contributed by atoms with Crippen molar-refractivity contribution in [1.29, 1.82) is 0 Å². The molecule has 1 aromatic carbocycles. The Hall–Kier alpha value is -2.64. The van der Waals surface area contributed by atoms with Crippen molar-refractivity contribution in [1.82, 2.24) is 9.80 Å². The third-order valence-corrected chi connectivity index (χ3v) is 5.65. The number of carbonyl (C=O) groups excluding carboxylic acids is 2. The number of ketones is 1. The van der Waals surface area contributed by atoms with Crippen molar-refractivity contribution in [2.75, 3.05) is 33.8 Å². The zero-order valence-corrected chi connectivity index (χ0v) is 17.7. The number of amides is 1. The summed E-state index contributed by atoms with van der Waals surface area (Å²) in [6.07, 6.45) is 0.730. The first-order valence-corrected chi connectivity index (χ1v) is 10.5. The fourth-order valence-corrected chi connectivity index (χ4v) is 4.18. The monoisotopic (exact) mass is 414 g/mol. The van der Waals surface area contributed by atoms with E-state index in [-0.39, 0.29) is 11.4 Å². The van der Waals surface area contributed by atoms with Gasteiger partial charge in [-0.05, 0) is 63.1 Å². The van der Waals surface area contributed by atoms with E-state index in [1.807, 2.05) is 50.2 Å². The average Bonchev–Trinajstić information content (AvgIpc) is 3.31. The minimum Gasteiger partial charge on any atom is -0.503 e. The topological polar surface area (TPSA) is 70.1 Å². The summed E-state index contributed by atoms with van der Waals surface area (Å²) in [6.45, 7) is 3.65. The van der Waals surface area contributed by atoms with E-state index < -0.39 is 17.7 Å². The number of thiophene rings is 1. The molecule has 0 radical (unpaired) electrons. The van der Waals surface area contributed by atoms with E-state index in [1.165, 1.54) is 11.3 Å². The number of hydrogen-bond donors (Lipinski definition) is 1. The molecule has 29 heavy (non-hydrogen) atoms. The molecule has 7 heteroatoms. The molecule has 1 aliphatic rings. The van der Waals surface area contributed by atoms with Gasteiger partial charge >= 0.3 is 0 Å². The van der Waals surface area contributed by atoms with Crippen LogP contribution in [0.15, 0.2) is 53.1 Å². The Balaban J connectivity index is 2.01. The van der Waals surface area contributed by atoms with Gasteiger partial charge in [-0.15, -0.1) is 11.3 Å². The summed E-state index contributed by atoms with van der Waals surface area (Å²) >= 11 is 1.30. The standard InChI is InChI=1S/C22H26N2O4S/c1-4-28-16-9-5-8-15(14-16)19-18(20(25)17-10-6-13-29-17)21(26)22(27)24(19)12-7-11-23(2)3/h5-6,8-10,13-14,19,26H,4,7,11-12H2,1-3H3/t19-/m0/s1. The van der Waals surface area contributed by atoms with Crippen LogP contribution in [0.4, 0.5) is 0 Å². The van der Waals surface area contributed by atoms with E-state index in [4.69, 9.17) is 4.74 Å². The Bertz CT molecular complexity index is 905. The van der Waals surface area contributed by atoms with E-state index in [2.05, 4.69) is 0 Å². The Labute approximate surface area is 175 Å². The minimum atomic E-state index is -0.639. The summed E-state index contributed by atoms with van der Waals surface area (Å²) in [5.74, 6) is -0.608. The molecule has 154 valence electrons. The molecule has 6 nitrogen and oxygen atoms in total. The van der Waals surface area contributed by atoms with E-state index in [0.717, 1.165) is 18.5 Å². The molecular formula is C22H26N2O4S. The van der Waals surface area contributed by atoms with E-state index in [1.54, 1.807) is 22.4 Å². The van der Waals surface area contributed by atoms with Gasteiger partial charge in [0, 0.05) is 6.54 Å². The van der Waals surface area contributed by atoms with Crippen LogP contribution in [0.5, 0.6) is 5.75 Å². The summed E-state index contributed by atoms with van der Waals surface area (Å²) in [5.41, 5.74) is 0.883. The van der Waals surface area contributed by atoms with Crippen molar-refractivity contribution in [2.45, 2.75) is 19.4 Å². The second-order valence-electron chi connectivity index (χ2n) is 7.13. The highest BCUT2D eigenvalue weighted by Gasteiger charge is 2.43. The number of ether oxygens (including phenoxy) is 1. The van der Waals surface area contributed by atoms with Crippen molar-refractivity contribution < 1.29 is 19.4 Å². The van der Waals surface area contributed by atoms with Gasteiger partial charge in [0.05, 0.1) is 23.1 Å². The maximum Gasteiger partial charge on any atom is 0.290 e. The van der Waals surface area contributed by atoms with Crippen molar-refractivity contribution in [3.05, 3.63) is 63.6 Å². The first-order valence-electron chi connectivity index (χ1n) is 9.63. The predicted molar refractivity (Wildman–Crippen MR) is 114 cm³/mol. The van der Waals surface area contributed by atoms with E-state index in [9.17, 15) is 14.7 Å². The largest absolute Gasteiger partial charge is 0.503 e. The third-order valence-electron chi connectivity index (χ3n) is 4.78. The van der Waals surface area contributed by atoms with E-state index >= 15 is 0 Å². The smallest absolute Gasteiger partial charge is 0.290 e. The molecule has 1 N–H and O–H groups in total. The molecule has 1 amide bonds. The Morgan fingerprint density at radius 3 is 2.72 bits per heavy atom. The zero-order chi connectivity index (χ0) is 21.0. The van der Waals surface area contributed by atoms with Crippen molar-refractivity contribution in [3.63, 3.8) is 0 Å². The van der Waals surface area contributed by atoms with Crippen LogP contribution in [0.1, 0.15) is 34.6 Å². The quantitative estimate of drug-likeness (QED) is 0.634. The van der Waals surface area contributed by atoms with Crippen molar-refractivity contribution >= 4 is 23.0 Å². The summed E-state index contributed by atoms with van der Waals surface area (Å²) < 4.78 is 5.60. The molecular weight excluding hydrogens is 388 g/mol. The van der Waals surface area contributed by atoms with Gasteiger partial charge in [0.2, 0.25) is 5.78 Å². The van der Waals surface area contributed by atoms with E-state index in [0.29, 0.717) is 23.8 Å². The van der Waals surface area contributed by atoms with Crippen molar-refractivity contribution in [3.8, 4) is 5.75 Å². The molecule has 2 aromatic rings. The first-order chi connectivity index (χ1) is 13.9. The molecule has 0 bridgehead atoms. The molecule has 2 heterocycles. The van der Waals surface area contributed by atoms with Crippen LogP contribution in [-0.4, -0.2) is 60.4 Å². The summed E-state index contributed by atoms with van der Waals surface area (Å²) in [4.78, 5) is 30.2. The highest BCUT2D eigenvalue weighted by Crippen LogP contribution is 2.40. The van der Waals surface area contributed by atoms with Gasteiger partial charge in [0.25, 0.3) is 5.91 Å². The highest BCUT2D eigenvalue weighted by atomic mass is 32.1. The lowest BCUT2D eigenvalue weighted by atomic mass is 9.95. The molecule has 0 unspecified atom stereocenters. The van der Waals surface area contributed by atoms with Crippen LogP contribution < -0.4 is 4.74 Å². The van der Waals surface area contributed by atoms with Crippen molar-refractivity contribution in [2.24, 2.45) is 0 Å². The average molecular weight is 415 g/mol. The molecule has 0 aliphatic carbocycles. The lowest BCUT2D eigenvalue weighted by Gasteiger charge is -2.27. The molecule has 1 aromatic heterocycles. The molecule has 1 aliphatic heterocycles. The maximum absolute atomic E-state index is 13.2. The van der Waals surface area contributed by atoms with Crippen LogP contribution in [0.2, 0.25) is 0 Å². The second kappa shape index (κ2) is 9.24. The number of hydrogen-bond acceptors (Lipinski definition) is 6. The zero-order valence-electron chi connectivity index (χ0n) is 16.9. The Morgan fingerprint density at radius 2 is 2.07 bits per heavy atom. The molecule has 0 saturated heterocycles. The molecule has 1 atom stereocenters. The lowest BCUT2D eigenvalue weighted by Crippen LogP contribution is -2.33. The maximum atomic E-state index is 13.2. The lowest BCUT2D eigenvalue weighted by molar-refractivity contribution is -0.129. The normalized spacial score (nSPS) is 16.8. The van der Waals surface area contributed by atoms with Crippen LogP contribution in [0, 0.1) is 0 Å². The van der Waals surface area contributed by atoms with Crippen LogP contribution in [-0.2, 0) is 4.79 Å². The van der Waals surface area contributed by atoms with Gasteiger partial charge in [-0.3, -0.25) is 9.59 Å². The minimum absolute atomic E-state index is 0.135. The van der Waals surface area contributed by atoms with Gasteiger partial charge < -0.3 is 19.6 Å². The van der Waals surface area contributed by atoms with Gasteiger partial charge in [0.1, 0.15) is 5.75 Å². The van der Waals surface area contributed by atoms with Gasteiger partial charge in [-0.1, -0.05) is 18.2 Å². The van der Waals surface area contributed by atoms with Crippen LogP contribution in [0.3, 0.4) is 0 Å². The number of aliphatic hydroxyl groups excluding tert-OH is 1. The van der Waals surface area contributed by atoms with Crippen LogP contribution in [0.25, 0.3) is 0 Å². The second-order valence-corrected chi connectivity index (χ2v) is 8.08. The molecule has 3 rings (SSSR count). The van der Waals surface area contributed by atoms with Gasteiger partial charge in [0.15, 0.2) is 5.76 Å². The SMILES string of the molecule is CCOc1cccc([C@H]2C(C(=O)c3cccs3)=C(O)C(=O)N2CCCN(C)C)c1. The fraction of sp³-hybridized carbons (Fsp3) is 0.364. The Kier molecular flexibility index (Phi) is 6.71. The summed E-state index contributed by atoms with van der Waals surface area (Å²) in [7, 11) is 3.94. The summed E-state index contributed by atoms with van der Waals surface area (Å²) in [5, 5.41) is 12.4. The number of nitrogens with zero attached hydrogens (tertiary/aromatic N) is 2. The highest BCUT2D eigenvalue weighted by molar-refractivity contribution is 7.12. The number of Topliss-reactive ketones (excluding diaryl/α,β-unsaturated/α-hetero) is 1. The first kappa shape index (κ1) is 21.1. The number of rotatable bonds is 9. The molecule has 0 fully saturated rings. The van der Waals surface area contributed by atoms with Gasteiger partial charge in [-0.2, -0.15) is 0 Å². The summed E-state index contributed by atoms with van der Waals surface area (Å²) in [6, 6.07) is 10.2. The molecule has 0 spiro atoms. The number of carbonyl (C=O) groups is 2. The Morgan fingerprint density at radius 1 is 1.28 bits per heavy atom. The van der Waals surface area contributed by atoms with Crippen LogP contribution >= 0.6 is 11.3 Å². The fourth-order valence-electron chi connectivity index (χ4n) is 3.50. The predicted octanol–water partition coefficient (Wildman–Crippen LogP) is 3.68. The van der Waals surface area contributed by atoms with Gasteiger partial charge in [-0.25, -0.2) is 0 Å². The molecule has 0 saturated carbocycles.